The average Bonchev–Trinajstić information content (AvgIpc) is 2.88. The number of hydrogen-bond acceptors (Lipinski definition) is 5. The van der Waals surface area contributed by atoms with Gasteiger partial charge in [0.1, 0.15) is 0 Å². The maximum atomic E-state index is 12.6. The van der Waals surface area contributed by atoms with Crippen molar-refractivity contribution in [1.29, 1.82) is 0 Å². The molecule has 0 aliphatic rings. The standard InChI is InChI=1S/C13H19N5O2S/c1-10-5-4-6-12(16-10)9-18(3)21(19,20)13-11(7-14-2)8-15-17-13/h4-6,8,14H,7,9H2,1-3H3,(H,15,17). The van der Waals surface area contributed by atoms with Crippen molar-refractivity contribution in [3.63, 3.8) is 0 Å². The van der Waals surface area contributed by atoms with Crippen molar-refractivity contribution in [1.82, 2.24) is 24.8 Å². The first-order chi connectivity index (χ1) is 9.95. The van der Waals surface area contributed by atoms with Crippen LogP contribution in [0.2, 0.25) is 0 Å². The predicted molar refractivity (Wildman–Crippen MR) is 79.0 cm³/mol. The molecule has 7 nitrogen and oxygen atoms in total. The number of nitrogens with one attached hydrogen (secondary N) is 2. The van der Waals surface area contributed by atoms with Crippen LogP contribution in [0.25, 0.3) is 0 Å². The van der Waals surface area contributed by atoms with Gasteiger partial charge in [-0.1, -0.05) is 6.07 Å². The van der Waals surface area contributed by atoms with Crippen LogP contribution in [0.4, 0.5) is 0 Å². The highest BCUT2D eigenvalue weighted by Gasteiger charge is 2.26. The number of aromatic nitrogens is 3. The Labute approximate surface area is 124 Å². The van der Waals surface area contributed by atoms with Gasteiger partial charge in [-0.15, -0.1) is 0 Å². The molecule has 0 unspecified atom stereocenters. The third-order valence-corrected chi connectivity index (χ3v) is 4.86. The van der Waals surface area contributed by atoms with E-state index in [1.807, 2.05) is 19.1 Å². The minimum absolute atomic E-state index is 0.118. The van der Waals surface area contributed by atoms with Gasteiger partial charge in [-0.05, 0) is 26.1 Å². The molecule has 0 atom stereocenters. The molecule has 0 aliphatic heterocycles. The van der Waals surface area contributed by atoms with Crippen LogP contribution in [0.15, 0.2) is 29.4 Å². The summed E-state index contributed by atoms with van der Waals surface area (Å²) in [4.78, 5) is 4.32. The number of sulfonamides is 1. The first-order valence-electron chi connectivity index (χ1n) is 6.51. The van der Waals surface area contributed by atoms with Crippen LogP contribution in [0.5, 0.6) is 0 Å². The lowest BCUT2D eigenvalue weighted by Crippen LogP contribution is -2.28. The SMILES string of the molecule is CNCc1cn[nH]c1S(=O)(=O)N(C)Cc1cccc(C)n1. The summed E-state index contributed by atoms with van der Waals surface area (Å²) < 4.78 is 26.4. The summed E-state index contributed by atoms with van der Waals surface area (Å²) in [6.07, 6.45) is 1.52. The molecule has 0 radical (unpaired) electrons. The van der Waals surface area contributed by atoms with E-state index >= 15 is 0 Å². The van der Waals surface area contributed by atoms with Crippen LogP contribution in [0, 0.1) is 6.92 Å². The van der Waals surface area contributed by atoms with Crippen molar-refractivity contribution in [2.75, 3.05) is 14.1 Å². The summed E-state index contributed by atoms with van der Waals surface area (Å²) in [6.45, 7) is 2.52. The number of aromatic amines is 1. The van der Waals surface area contributed by atoms with Gasteiger partial charge in [0.2, 0.25) is 0 Å². The summed E-state index contributed by atoms with van der Waals surface area (Å²) in [5, 5.41) is 9.43. The first-order valence-corrected chi connectivity index (χ1v) is 7.95. The highest BCUT2D eigenvalue weighted by Crippen LogP contribution is 2.18. The minimum atomic E-state index is -3.62. The van der Waals surface area contributed by atoms with Gasteiger partial charge in [-0.3, -0.25) is 10.1 Å². The van der Waals surface area contributed by atoms with Gasteiger partial charge in [-0.2, -0.15) is 9.40 Å². The molecule has 21 heavy (non-hydrogen) atoms. The van der Waals surface area contributed by atoms with Gasteiger partial charge in [0.25, 0.3) is 10.0 Å². The van der Waals surface area contributed by atoms with E-state index in [4.69, 9.17) is 0 Å². The third-order valence-electron chi connectivity index (χ3n) is 3.04. The molecule has 2 aromatic heterocycles. The van der Waals surface area contributed by atoms with Gasteiger partial charge in [0.05, 0.1) is 18.4 Å². The van der Waals surface area contributed by atoms with Crippen LogP contribution in [-0.4, -0.2) is 42.0 Å². The maximum Gasteiger partial charge on any atom is 0.260 e. The van der Waals surface area contributed by atoms with Crippen LogP contribution in [-0.2, 0) is 23.1 Å². The predicted octanol–water partition coefficient (Wildman–Crippen LogP) is 0.653. The van der Waals surface area contributed by atoms with Gasteiger partial charge < -0.3 is 5.32 Å². The van der Waals surface area contributed by atoms with E-state index in [0.717, 1.165) is 5.69 Å². The lowest BCUT2D eigenvalue weighted by atomic mass is 10.3. The molecule has 8 heteroatoms. The Bertz CT molecular complexity index is 711. The van der Waals surface area contributed by atoms with E-state index in [9.17, 15) is 8.42 Å². The Hall–Kier alpha value is -1.77. The van der Waals surface area contributed by atoms with E-state index in [-0.39, 0.29) is 11.6 Å². The molecule has 0 fully saturated rings. The summed E-state index contributed by atoms with van der Waals surface area (Å²) in [7, 11) is -0.339. The molecule has 0 bridgehead atoms. The van der Waals surface area contributed by atoms with E-state index < -0.39 is 10.0 Å². The fourth-order valence-corrected chi connectivity index (χ4v) is 3.23. The Balaban J connectivity index is 2.24. The quantitative estimate of drug-likeness (QED) is 0.818. The normalized spacial score (nSPS) is 12.0. The average molecular weight is 309 g/mol. The lowest BCUT2D eigenvalue weighted by molar-refractivity contribution is 0.458. The van der Waals surface area contributed by atoms with Gasteiger partial charge in [-0.25, -0.2) is 8.42 Å². The zero-order chi connectivity index (χ0) is 15.5. The molecule has 0 aromatic carbocycles. The maximum absolute atomic E-state index is 12.6. The Morgan fingerprint density at radius 1 is 1.38 bits per heavy atom. The Kier molecular flexibility index (Phi) is 4.71. The first kappa shape index (κ1) is 15.6. The molecular weight excluding hydrogens is 290 g/mol. The fraction of sp³-hybridized carbons (Fsp3) is 0.385. The van der Waals surface area contributed by atoms with Gasteiger partial charge in [0.15, 0.2) is 5.03 Å². The Morgan fingerprint density at radius 2 is 2.14 bits per heavy atom. The van der Waals surface area contributed by atoms with Gasteiger partial charge >= 0.3 is 0 Å². The molecule has 114 valence electrons. The monoisotopic (exact) mass is 309 g/mol. The van der Waals surface area contributed by atoms with Crippen LogP contribution in [0.1, 0.15) is 17.0 Å². The van der Waals surface area contributed by atoms with E-state index in [2.05, 4.69) is 20.5 Å². The molecule has 2 N–H and O–H groups in total. The second kappa shape index (κ2) is 6.33. The Morgan fingerprint density at radius 3 is 2.81 bits per heavy atom. The molecule has 0 aliphatic carbocycles. The second-order valence-electron chi connectivity index (χ2n) is 4.79. The molecule has 0 spiro atoms. The van der Waals surface area contributed by atoms with Crippen LogP contribution >= 0.6 is 0 Å². The van der Waals surface area contributed by atoms with Gasteiger partial charge in [0, 0.05) is 24.8 Å². The number of aryl methyl sites for hydroxylation is 1. The topological polar surface area (TPSA) is 91.0 Å². The third kappa shape index (κ3) is 3.46. The van der Waals surface area contributed by atoms with Crippen molar-refractivity contribution >= 4 is 10.0 Å². The number of nitrogens with zero attached hydrogens (tertiary/aromatic N) is 3. The van der Waals surface area contributed by atoms with Crippen molar-refractivity contribution in [2.45, 2.75) is 25.0 Å². The smallest absolute Gasteiger partial charge is 0.260 e. The summed E-state index contributed by atoms with van der Waals surface area (Å²) in [5.74, 6) is 0. The zero-order valence-electron chi connectivity index (χ0n) is 12.3. The summed E-state index contributed by atoms with van der Waals surface area (Å²) in [6, 6.07) is 5.54. The highest BCUT2D eigenvalue weighted by molar-refractivity contribution is 7.89. The van der Waals surface area contributed by atoms with Crippen molar-refractivity contribution in [3.05, 3.63) is 41.3 Å². The minimum Gasteiger partial charge on any atom is -0.316 e. The number of hydrogen-bond donors (Lipinski definition) is 2. The highest BCUT2D eigenvalue weighted by atomic mass is 32.2. The molecule has 0 saturated heterocycles. The molecule has 0 saturated carbocycles. The van der Waals surface area contributed by atoms with E-state index in [1.165, 1.54) is 17.5 Å². The number of rotatable bonds is 6. The van der Waals surface area contributed by atoms with Crippen molar-refractivity contribution in [3.8, 4) is 0 Å². The fourth-order valence-electron chi connectivity index (χ4n) is 2.00. The molecule has 2 heterocycles. The van der Waals surface area contributed by atoms with Crippen LogP contribution < -0.4 is 5.32 Å². The molecular formula is C13H19N5O2S. The molecule has 0 amide bonds. The van der Waals surface area contributed by atoms with Crippen molar-refractivity contribution in [2.24, 2.45) is 0 Å². The van der Waals surface area contributed by atoms with Crippen LogP contribution in [0.3, 0.4) is 0 Å². The second-order valence-corrected chi connectivity index (χ2v) is 6.77. The number of H-pyrrole nitrogens is 1. The summed E-state index contributed by atoms with van der Waals surface area (Å²) in [5.41, 5.74) is 2.17. The molecule has 2 rings (SSSR count). The lowest BCUT2D eigenvalue weighted by Gasteiger charge is -2.16. The molecule has 2 aromatic rings. The van der Waals surface area contributed by atoms with E-state index in [0.29, 0.717) is 17.8 Å². The van der Waals surface area contributed by atoms with Crippen molar-refractivity contribution < 1.29 is 8.42 Å². The number of pyridine rings is 1. The largest absolute Gasteiger partial charge is 0.316 e. The summed E-state index contributed by atoms with van der Waals surface area (Å²) >= 11 is 0. The van der Waals surface area contributed by atoms with E-state index in [1.54, 1.807) is 13.1 Å². The zero-order valence-corrected chi connectivity index (χ0v) is 13.1.